The van der Waals surface area contributed by atoms with E-state index in [-0.39, 0.29) is 24.3 Å². The van der Waals surface area contributed by atoms with Crippen LogP contribution in [0.2, 0.25) is 0 Å². The normalized spacial score (nSPS) is 13.5. The van der Waals surface area contributed by atoms with Crippen molar-refractivity contribution in [2.75, 3.05) is 13.2 Å². The van der Waals surface area contributed by atoms with Crippen molar-refractivity contribution >= 4 is 11.8 Å². The average Bonchev–Trinajstić information content (AvgIpc) is 2.59. The molecule has 8 heteroatoms. The highest BCUT2D eigenvalue weighted by Crippen LogP contribution is 2.19. The molecule has 1 aromatic rings. The van der Waals surface area contributed by atoms with Crippen LogP contribution < -0.4 is 10.6 Å². The Hall–Kier alpha value is -2.50. The zero-order valence-corrected chi connectivity index (χ0v) is 14.3. The van der Waals surface area contributed by atoms with E-state index in [4.69, 9.17) is 10.4 Å². The number of amides is 2. The second kappa shape index (κ2) is 8.55. The van der Waals surface area contributed by atoms with Crippen molar-refractivity contribution in [3.63, 3.8) is 0 Å². The summed E-state index contributed by atoms with van der Waals surface area (Å²) in [5, 5.41) is 32.8. The Morgan fingerprint density at radius 1 is 1.40 bits per heavy atom. The smallest absolute Gasteiger partial charge is 0.254 e. The zero-order chi connectivity index (χ0) is 19.2. The molecular formula is C17H22FN3O4. The van der Waals surface area contributed by atoms with Gasteiger partial charge in [-0.15, -0.1) is 0 Å². The summed E-state index contributed by atoms with van der Waals surface area (Å²) in [6.07, 6.45) is -1.41. The number of nitriles is 1. The number of nitrogens with one attached hydrogen (secondary N) is 2. The van der Waals surface area contributed by atoms with Crippen LogP contribution in [0.15, 0.2) is 18.2 Å². The number of aliphatic hydroxyl groups is 2. The average molecular weight is 351 g/mol. The van der Waals surface area contributed by atoms with E-state index < -0.39 is 35.2 Å². The lowest BCUT2D eigenvalue weighted by Gasteiger charge is -2.27. The Bertz CT molecular complexity index is 685. The van der Waals surface area contributed by atoms with Crippen molar-refractivity contribution in [3.8, 4) is 6.07 Å². The lowest BCUT2D eigenvalue weighted by molar-refractivity contribution is -0.137. The fourth-order valence-electron chi connectivity index (χ4n) is 1.91. The molecule has 0 aliphatic carbocycles. The number of rotatable bonds is 7. The van der Waals surface area contributed by atoms with Gasteiger partial charge in [0.1, 0.15) is 11.9 Å². The van der Waals surface area contributed by atoms with Gasteiger partial charge in [0, 0.05) is 18.0 Å². The Morgan fingerprint density at radius 3 is 2.60 bits per heavy atom. The van der Waals surface area contributed by atoms with E-state index in [2.05, 4.69) is 10.6 Å². The van der Waals surface area contributed by atoms with Gasteiger partial charge in [-0.05, 0) is 25.1 Å². The molecule has 0 unspecified atom stereocenters. The predicted octanol–water partition coefficient (Wildman–Crippen LogP) is 0.311. The number of carbonyl (C=O) groups is 2. The second-order valence-corrected chi connectivity index (χ2v) is 6.48. The summed E-state index contributed by atoms with van der Waals surface area (Å²) in [5.74, 6) is -2.15. The first-order valence-electron chi connectivity index (χ1n) is 7.69. The molecule has 25 heavy (non-hydrogen) atoms. The van der Waals surface area contributed by atoms with Gasteiger partial charge < -0.3 is 20.8 Å². The van der Waals surface area contributed by atoms with Gasteiger partial charge in [0.25, 0.3) is 5.91 Å². The molecule has 0 saturated carbocycles. The first kappa shape index (κ1) is 20.5. The maximum atomic E-state index is 13.7. The van der Waals surface area contributed by atoms with Crippen molar-refractivity contribution in [3.05, 3.63) is 35.1 Å². The molecule has 1 aromatic carbocycles. The van der Waals surface area contributed by atoms with E-state index in [1.54, 1.807) is 6.92 Å². The SMILES string of the molecule is C[C@@H](CNC(=O)[C@H](O)C(C)(C)CO)NC(=O)c1cc(C#N)ccc1F. The van der Waals surface area contributed by atoms with Crippen LogP contribution in [-0.2, 0) is 4.79 Å². The first-order chi connectivity index (χ1) is 11.6. The van der Waals surface area contributed by atoms with E-state index in [1.807, 2.05) is 6.07 Å². The minimum atomic E-state index is -1.41. The van der Waals surface area contributed by atoms with Crippen molar-refractivity contribution in [1.82, 2.24) is 10.6 Å². The molecule has 0 aliphatic heterocycles. The van der Waals surface area contributed by atoms with E-state index >= 15 is 0 Å². The molecule has 4 N–H and O–H groups in total. The predicted molar refractivity (Wildman–Crippen MR) is 87.9 cm³/mol. The minimum Gasteiger partial charge on any atom is -0.396 e. The summed E-state index contributed by atoms with van der Waals surface area (Å²) in [4.78, 5) is 23.9. The molecule has 0 heterocycles. The quantitative estimate of drug-likeness (QED) is 0.563. The third kappa shape index (κ3) is 5.52. The monoisotopic (exact) mass is 351 g/mol. The van der Waals surface area contributed by atoms with Gasteiger partial charge in [-0.3, -0.25) is 9.59 Å². The van der Waals surface area contributed by atoms with Crippen LogP contribution in [0.5, 0.6) is 0 Å². The van der Waals surface area contributed by atoms with Gasteiger partial charge in [0.15, 0.2) is 0 Å². The largest absolute Gasteiger partial charge is 0.396 e. The third-order valence-electron chi connectivity index (χ3n) is 3.70. The minimum absolute atomic E-state index is 0.00268. The molecule has 7 nitrogen and oxygen atoms in total. The highest BCUT2D eigenvalue weighted by Gasteiger charge is 2.33. The number of halogens is 1. The highest BCUT2D eigenvalue weighted by molar-refractivity contribution is 5.95. The lowest BCUT2D eigenvalue weighted by atomic mass is 9.87. The Labute approximate surface area is 145 Å². The van der Waals surface area contributed by atoms with Crippen LogP contribution in [0, 0.1) is 22.6 Å². The van der Waals surface area contributed by atoms with Gasteiger partial charge >= 0.3 is 0 Å². The summed E-state index contributed by atoms with van der Waals surface area (Å²) >= 11 is 0. The summed E-state index contributed by atoms with van der Waals surface area (Å²) in [6, 6.07) is 4.71. The molecule has 0 aromatic heterocycles. The third-order valence-corrected chi connectivity index (χ3v) is 3.70. The number of carbonyl (C=O) groups excluding carboxylic acids is 2. The maximum absolute atomic E-state index is 13.7. The molecule has 1 rings (SSSR count). The van der Waals surface area contributed by atoms with E-state index in [0.717, 1.165) is 12.1 Å². The molecule has 2 amide bonds. The highest BCUT2D eigenvalue weighted by atomic mass is 19.1. The van der Waals surface area contributed by atoms with Crippen molar-refractivity contribution in [1.29, 1.82) is 5.26 Å². The van der Waals surface area contributed by atoms with Gasteiger partial charge in [-0.2, -0.15) is 5.26 Å². The van der Waals surface area contributed by atoms with Crippen LogP contribution in [0.25, 0.3) is 0 Å². The Morgan fingerprint density at radius 2 is 2.04 bits per heavy atom. The van der Waals surface area contributed by atoms with Gasteiger partial charge in [-0.25, -0.2) is 4.39 Å². The first-order valence-corrected chi connectivity index (χ1v) is 7.69. The molecule has 0 aliphatic rings. The zero-order valence-electron chi connectivity index (χ0n) is 14.3. The van der Waals surface area contributed by atoms with Crippen molar-refractivity contribution in [2.24, 2.45) is 5.41 Å². The van der Waals surface area contributed by atoms with Gasteiger partial charge in [0.2, 0.25) is 5.91 Å². The molecule has 136 valence electrons. The fraction of sp³-hybridized carbons (Fsp3) is 0.471. The van der Waals surface area contributed by atoms with Crippen LogP contribution in [-0.4, -0.2) is 47.3 Å². The van der Waals surface area contributed by atoms with Gasteiger partial charge in [0.05, 0.1) is 23.8 Å². The standard InChI is InChI=1S/C17H22FN3O4/c1-10(8-20-16(25)14(23)17(2,3)9-22)21-15(24)12-6-11(7-19)4-5-13(12)18/h4-6,10,14,22-23H,8-9H2,1-3H3,(H,20,25)(H,21,24)/t10-,14-/m0/s1. The van der Waals surface area contributed by atoms with E-state index in [9.17, 15) is 19.1 Å². The van der Waals surface area contributed by atoms with Crippen LogP contribution in [0.1, 0.15) is 36.7 Å². The number of hydrogen-bond acceptors (Lipinski definition) is 5. The Balaban J connectivity index is 2.63. The van der Waals surface area contributed by atoms with E-state index in [0.29, 0.717) is 0 Å². The van der Waals surface area contributed by atoms with Crippen molar-refractivity contribution < 1.29 is 24.2 Å². The number of nitrogens with zero attached hydrogens (tertiary/aromatic N) is 1. The van der Waals surface area contributed by atoms with Crippen LogP contribution in [0.4, 0.5) is 4.39 Å². The van der Waals surface area contributed by atoms with Gasteiger partial charge in [-0.1, -0.05) is 13.8 Å². The van der Waals surface area contributed by atoms with Crippen LogP contribution in [0.3, 0.4) is 0 Å². The molecule has 2 atom stereocenters. The Kier molecular flexibility index (Phi) is 7.03. The molecule has 0 radical (unpaired) electrons. The summed E-state index contributed by atoms with van der Waals surface area (Å²) in [5.41, 5.74) is -1.11. The number of benzene rings is 1. The molecule has 0 spiro atoms. The number of hydrogen-bond donors (Lipinski definition) is 4. The molecule has 0 fully saturated rings. The maximum Gasteiger partial charge on any atom is 0.254 e. The summed E-state index contributed by atoms with van der Waals surface area (Å²) in [7, 11) is 0. The molecule has 0 saturated heterocycles. The summed E-state index contributed by atoms with van der Waals surface area (Å²) in [6.45, 7) is 4.29. The van der Waals surface area contributed by atoms with Crippen molar-refractivity contribution in [2.45, 2.75) is 32.9 Å². The number of aliphatic hydroxyl groups excluding tert-OH is 2. The lowest BCUT2D eigenvalue weighted by Crippen LogP contribution is -2.49. The summed E-state index contributed by atoms with van der Waals surface area (Å²) < 4.78 is 13.7. The topological polar surface area (TPSA) is 122 Å². The molecule has 0 bridgehead atoms. The fourth-order valence-corrected chi connectivity index (χ4v) is 1.91. The molecular weight excluding hydrogens is 329 g/mol. The van der Waals surface area contributed by atoms with E-state index in [1.165, 1.54) is 19.9 Å². The van der Waals surface area contributed by atoms with Crippen LogP contribution >= 0.6 is 0 Å². The second-order valence-electron chi connectivity index (χ2n) is 6.48.